The Hall–Kier alpha value is -4.06. The van der Waals surface area contributed by atoms with E-state index in [4.69, 9.17) is 20.6 Å². The molecule has 3 aromatic rings. The first-order chi connectivity index (χ1) is 15.2. The zero-order valence-corrected chi connectivity index (χ0v) is 17.3. The van der Waals surface area contributed by atoms with Crippen molar-refractivity contribution < 1.29 is 18.3 Å². The topological polar surface area (TPSA) is 107 Å². The summed E-state index contributed by atoms with van der Waals surface area (Å²) in [4.78, 5) is 12.2. The molecule has 0 spiro atoms. The molecule has 162 valence electrons. The van der Waals surface area contributed by atoms with Crippen molar-refractivity contribution >= 4 is 6.02 Å². The molecule has 7 nitrogen and oxygen atoms in total. The standard InChI is InChI=1S/C23H19F2N5O2/c1-23(2,25)4-3-13-5-17-18(11-31-22(26)27)16-6-15(14-9-28-12-29-10-14)19(24)7-20(16)32-21(17)30-8-13/h5-10,12,18H,11H2,1-2H3,(H3,26,27)/t18-/m1/s1. The van der Waals surface area contributed by atoms with Gasteiger partial charge >= 0.3 is 0 Å². The normalized spacial score (nSPS) is 14.3. The summed E-state index contributed by atoms with van der Waals surface area (Å²) in [5.41, 5.74) is 6.19. The van der Waals surface area contributed by atoms with Crippen molar-refractivity contribution in [3.63, 3.8) is 0 Å². The summed E-state index contributed by atoms with van der Waals surface area (Å²) in [7, 11) is 0. The van der Waals surface area contributed by atoms with Gasteiger partial charge in [-0.05, 0) is 26.0 Å². The lowest BCUT2D eigenvalue weighted by Gasteiger charge is -2.28. The number of nitrogens with two attached hydrogens (primary N) is 1. The van der Waals surface area contributed by atoms with Crippen LogP contribution in [0.25, 0.3) is 11.1 Å². The van der Waals surface area contributed by atoms with Crippen molar-refractivity contribution in [2.75, 3.05) is 6.61 Å². The van der Waals surface area contributed by atoms with Crippen LogP contribution in [0.4, 0.5) is 8.78 Å². The van der Waals surface area contributed by atoms with Gasteiger partial charge in [0.25, 0.3) is 6.02 Å². The van der Waals surface area contributed by atoms with Gasteiger partial charge in [0.05, 0.1) is 5.92 Å². The Morgan fingerprint density at radius 1 is 1.22 bits per heavy atom. The quantitative estimate of drug-likeness (QED) is 0.367. The monoisotopic (exact) mass is 435 g/mol. The highest BCUT2D eigenvalue weighted by atomic mass is 19.1. The number of fused-ring (bicyclic) bond motifs is 2. The summed E-state index contributed by atoms with van der Waals surface area (Å²) in [6.45, 7) is 2.71. The van der Waals surface area contributed by atoms with E-state index >= 15 is 0 Å². The van der Waals surface area contributed by atoms with E-state index < -0.39 is 23.4 Å². The van der Waals surface area contributed by atoms with Crippen molar-refractivity contribution in [1.82, 2.24) is 15.0 Å². The van der Waals surface area contributed by atoms with Crippen molar-refractivity contribution in [3.05, 3.63) is 65.6 Å². The molecule has 3 N–H and O–H groups in total. The highest BCUT2D eigenvalue weighted by molar-refractivity contribution is 5.69. The molecule has 0 unspecified atom stereocenters. The molecule has 9 heteroatoms. The van der Waals surface area contributed by atoms with E-state index in [1.54, 1.807) is 12.1 Å². The third kappa shape index (κ3) is 4.49. The molecular weight excluding hydrogens is 416 g/mol. The number of benzene rings is 1. The van der Waals surface area contributed by atoms with E-state index in [1.165, 1.54) is 44.8 Å². The largest absolute Gasteiger partial charge is 0.465 e. The van der Waals surface area contributed by atoms with Gasteiger partial charge in [-0.1, -0.05) is 11.8 Å². The molecule has 0 saturated carbocycles. The number of aromatic nitrogens is 3. The number of pyridine rings is 1. The lowest BCUT2D eigenvalue weighted by Crippen LogP contribution is -2.22. The maximum atomic E-state index is 14.9. The minimum Gasteiger partial charge on any atom is -0.465 e. The average Bonchev–Trinajstić information content (AvgIpc) is 2.75. The van der Waals surface area contributed by atoms with Crippen molar-refractivity contribution in [2.24, 2.45) is 5.73 Å². The van der Waals surface area contributed by atoms with Gasteiger partial charge in [-0.25, -0.2) is 23.7 Å². The van der Waals surface area contributed by atoms with Gasteiger partial charge in [0.2, 0.25) is 5.88 Å². The molecule has 0 radical (unpaired) electrons. The third-order valence-electron chi connectivity index (χ3n) is 4.72. The van der Waals surface area contributed by atoms with Crippen molar-refractivity contribution in [3.8, 4) is 34.6 Å². The van der Waals surface area contributed by atoms with Crippen LogP contribution in [-0.4, -0.2) is 33.2 Å². The van der Waals surface area contributed by atoms with E-state index in [-0.39, 0.29) is 23.8 Å². The number of alkyl halides is 1. The first kappa shape index (κ1) is 21.2. The van der Waals surface area contributed by atoms with E-state index in [9.17, 15) is 8.78 Å². The first-order valence-corrected chi connectivity index (χ1v) is 9.67. The van der Waals surface area contributed by atoms with Crippen molar-refractivity contribution in [2.45, 2.75) is 25.4 Å². The number of rotatable bonds is 3. The second-order valence-electron chi connectivity index (χ2n) is 7.67. The minimum atomic E-state index is -1.67. The number of amidine groups is 1. The van der Waals surface area contributed by atoms with Gasteiger partial charge in [0.15, 0.2) is 5.67 Å². The zero-order valence-electron chi connectivity index (χ0n) is 17.3. The first-order valence-electron chi connectivity index (χ1n) is 9.67. The molecule has 32 heavy (non-hydrogen) atoms. The molecule has 1 aliphatic heterocycles. The van der Waals surface area contributed by atoms with E-state index in [0.717, 1.165) is 0 Å². The lowest BCUT2D eigenvalue weighted by molar-refractivity contribution is 0.273. The van der Waals surface area contributed by atoms with Crippen LogP contribution in [0.3, 0.4) is 0 Å². The molecule has 1 aromatic carbocycles. The molecule has 0 saturated heterocycles. The van der Waals surface area contributed by atoms with Crippen LogP contribution in [0, 0.1) is 23.1 Å². The number of halogens is 2. The average molecular weight is 435 g/mol. The van der Waals surface area contributed by atoms with Crippen LogP contribution in [0.5, 0.6) is 11.6 Å². The molecule has 1 aliphatic rings. The number of hydrogen-bond donors (Lipinski definition) is 2. The second-order valence-corrected chi connectivity index (χ2v) is 7.67. The smallest absolute Gasteiger partial charge is 0.279 e. The predicted octanol–water partition coefficient (Wildman–Crippen LogP) is 3.92. The van der Waals surface area contributed by atoms with Crippen molar-refractivity contribution in [1.29, 1.82) is 5.41 Å². The molecule has 0 aliphatic carbocycles. The van der Waals surface area contributed by atoms with Gasteiger partial charge in [-0.2, -0.15) is 0 Å². The zero-order chi connectivity index (χ0) is 22.9. The molecule has 0 fully saturated rings. The van der Waals surface area contributed by atoms with E-state index in [0.29, 0.717) is 22.3 Å². The Morgan fingerprint density at radius 3 is 2.66 bits per heavy atom. The molecular formula is C23H19F2N5O2. The van der Waals surface area contributed by atoms with Gasteiger partial charge in [-0.15, -0.1) is 0 Å². The number of nitrogens with one attached hydrogen (secondary N) is 1. The Kier molecular flexibility index (Phi) is 5.45. The lowest BCUT2D eigenvalue weighted by atomic mass is 9.87. The van der Waals surface area contributed by atoms with Crippen LogP contribution in [0.15, 0.2) is 43.1 Å². The van der Waals surface area contributed by atoms with Crippen LogP contribution in [-0.2, 0) is 4.74 Å². The Labute approximate surface area is 183 Å². The van der Waals surface area contributed by atoms with Crippen LogP contribution in [0.2, 0.25) is 0 Å². The number of nitrogens with zero attached hydrogens (tertiary/aromatic N) is 3. The summed E-state index contributed by atoms with van der Waals surface area (Å²) < 4.78 is 39.8. The van der Waals surface area contributed by atoms with E-state index in [2.05, 4.69) is 26.8 Å². The number of hydrogen-bond acceptors (Lipinski definition) is 6. The predicted molar refractivity (Wildman–Crippen MR) is 114 cm³/mol. The van der Waals surface area contributed by atoms with Gasteiger partial charge in [0.1, 0.15) is 24.5 Å². The van der Waals surface area contributed by atoms with E-state index in [1.807, 2.05) is 0 Å². The molecule has 1 atom stereocenters. The van der Waals surface area contributed by atoms with Gasteiger partial charge in [-0.3, -0.25) is 5.41 Å². The molecule has 2 aromatic heterocycles. The number of ether oxygens (including phenoxy) is 2. The second kappa shape index (κ2) is 8.23. The summed E-state index contributed by atoms with van der Waals surface area (Å²) >= 11 is 0. The van der Waals surface area contributed by atoms with Crippen LogP contribution in [0.1, 0.15) is 36.5 Å². The van der Waals surface area contributed by atoms with Crippen LogP contribution < -0.4 is 10.5 Å². The SMILES string of the molecule is CC(C)(F)C#Cc1cnc2c(c1)[C@H](COC(=N)N)c1cc(-c3cncnc3)c(F)cc1O2. The highest BCUT2D eigenvalue weighted by Crippen LogP contribution is 2.45. The third-order valence-corrected chi connectivity index (χ3v) is 4.72. The molecule has 0 bridgehead atoms. The van der Waals surface area contributed by atoms with Crippen LogP contribution >= 0.6 is 0 Å². The summed E-state index contributed by atoms with van der Waals surface area (Å²) in [6, 6.07) is 4.15. The Balaban J connectivity index is 1.83. The Bertz CT molecular complexity index is 1250. The Morgan fingerprint density at radius 2 is 1.97 bits per heavy atom. The minimum absolute atomic E-state index is 0.0117. The maximum Gasteiger partial charge on any atom is 0.279 e. The highest BCUT2D eigenvalue weighted by Gasteiger charge is 2.31. The molecule has 3 heterocycles. The molecule has 4 rings (SSSR count). The maximum absolute atomic E-state index is 14.9. The fourth-order valence-corrected chi connectivity index (χ4v) is 3.31. The van der Waals surface area contributed by atoms with Gasteiger partial charge < -0.3 is 15.2 Å². The fraction of sp³-hybridized carbons (Fsp3) is 0.217. The summed E-state index contributed by atoms with van der Waals surface area (Å²) in [5.74, 6) is 4.79. The fourth-order valence-electron chi connectivity index (χ4n) is 3.31. The van der Waals surface area contributed by atoms with Gasteiger partial charge in [0, 0.05) is 52.5 Å². The molecule has 0 amide bonds. The summed E-state index contributed by atoms with van der Waals surface area (Å²) in [6.07, 6.45) is 5.82. The summed E-state index contributed by atoms with van der Waals surface area (Å²) in [5, 5.41) is 7.44.